The summed E-state index contributed by atoms with van der Waals surface area (Å²) in [6.45, 7) is 1.77. The van der Waals surface area contributed by atoms with Crippen LogP contribution in [-0.4, -0.2) is 113 Å². The number of aromatic nitrogens is 10. The number of aromatic amines is 2. The second-order valence-electron chi connectivity index (χ2n) is 19.3. The summed E-state index contributed by atoms with van der Waals surface area (Å²) in [7, 11) is 2.92. The van der Waals surface area contributed by atoms with Crippen LogP contribution in [-0.2, 0) is 49.6 Å². The molecule has 6 aromatic heterocycles. The van der Waals surface area contributed by atoms with Gasteiger partial charge in [0.1, 0.15) is 35.2 Å². The molecule has 0 radical (unpaired) electrons. The van der Waals surface area contributed by atoms with Crippen LogP contribution in [0.5, 0.6) is 0 Å². The van der Waals surface area contributed by atoms with E-state index in [9.17, 15) is 22.8 Å². The van der Waals surface area contributed by atoms with Crippen LogP contribution in [0.3, 0.4) is 0 Å². The number of H-pyrrole nitrogens is 2. The fourth-order valence-electron chi connectivity index (χ4n) is 9.90. The number of alkyl carbamates (subject to hydrolysis) is 2. The van der Waals surface area contributed by atoms with Crippen molar-refractivity contribution < 1.29 is 59.9 Å². The molecule has 0 aromatic carbocycles. The summed E-state index contributed by atoms with van der Waals surface area (Å²) >= 11 is 0. The highest BCUT2D eigenvalue weighted by Crippen LogP contribution is 2.57. The minimum Gasteiger partial charge on any atom is -0.443 e. The number of fused-ring (bicyclic) bond motifs is 2. The number of rotatable bonds is 16. The number of alkyl halides is 5. The Bertz CT molecular complexity index is 2950. The van der Waals surface area contributed by atoms with Gasteiger partial charge in [-0.05, 0) is 63.9 Å². The monoisotopic (exact) mass is 981 g/mol. The van der Waals surface area contributed by atoms with Gasteiger partial charge >= 0.3 is 30.1 Å². The lowest BCUT2D eigenvalue weighted by Crippen LogP contribution is -2.68. The fraction of sp³-hybridized carbons (Fsp3) is 0.545. The number of hydrogen-bond acceptors (Lipinski definition) is 14. The molecule has 6 fully saturated rings. The van der Waals surface area contributed by atoms with Gasteiger partial charge in [0, 0.05) is 49.7 Å². The predicted octanol–water partition coefficient (Wildman–Crippen LogP) is 5.88. The number of halogens is 5. The SMILES string of the molecule is COCc1cn2c(Nc3cc([C@@H]4CC[C@H](OC(=O)NC5(C)CC5)[C@@H]4F)[nH][n+]3Cc3cn4nc(COC)cc4c(Nc4cc([C@H]5OC[C@@H](OC(=O)NC67CC(C6)C7)[C@H]5F)[nH]n4)n3)ncc(C(F)(F)F)c2n1. The van der Waals surface area contributed by atoms with Gasteiger partial charge in [0.25, 0.3) is 0 Å². The first-order valence-electron chi connectivity index (χ1n) is 22.9. The zero-order chi connectivity index (χ0) is 48.7. The number of imidazole rings is 1. The molecule has 70 heavy (non-hydrogen) atoms. The van der Waals surface area contributed by atoms with E-state index in [2.05, 4.69) is 51.6 Å². The summed E-state index contributed by atoms with van der Waals surface area (Å²) < 4.78 is 106. The van der Waals surface area contributed by atoms with E-state index in [0.29, 0.717) is 41.1 Å². The highest BCUT2D eigenvalue weighted by atomic mass is 19.4. The molecule has 2 bridgehead atoms. The van der Waals surface area contributed by atoms with Crippen molar-refractivity contribution in [3.05, 3.63) is 70.8 Å². The molecular weight excluding hydrogens is 932 g/mol. The van der Waals surface area contributed by atoms with Crippen molar-refractivity contribution >= 4 is 46.8 Å². The molecule has 5 saturated carbocycles. The van der Waals surface area contributed by atoms with Gasteiger partial charge in [-0.1, -0.05) is 0 Å². The van der Waals surface area contributed by atoms with Crippen molar-refractivity contribution in [1.82, 2.24) is 54.9 Å². The smallest absolute Gasteiger partial charge is 0.421 e. The zero-order valence-corrected chi connectivity index (χ0v) is 38.1. The minimum atomic E-state index is -4.77. The minimum absolute atomic E-state index is 0.0455. The van der Waals surface area contributed by atoms with Crippen LogP contribution in [0.1, 0.15) is 97.9 Å². The average Bonchev–Trinajstić information content (AvgIpc) is 3.97. The number of nitrogens with one attached hydrogen (secondary N) is 6. The maximum Gasteiger partial charge on any atom is 0.421 e. The number of carbonyl (C=O) groups is 2. The van der Waals surface area contributed by atoms with Gasteiger partial charge in [-0.2, -0.15) is 28.1 Å². The van der Waals surface area contributed by atoms with E-state index in [4.69, 9.17) is 28.7 Å². The van der Waals surface area contributed by atoms with Crippen LogP contribution < -0.4 is 25.9 Å². The topological polar surface area (TPSA) is 237 Å². The van der Waals surface area contributed by atoms with Crippen molar-refractivity contribution in [2.24, 2.45) is 5.92 Å². The van der Waals surface area contributed by atoms with Gasteiger partial charge in [0.2, 0.25) is 0 Å². The van der Waals surface area contributed by atoms with Crippen LogP contribution >= 0.6 is 0 Å². The summed E-state index contributed by atoms with van der Waals surface area (Å²) in [5.74, 6) is 0.597. The third-order valence-corrected chi connectivity index (χ3v) is 13.9. The fourth-order valence-corrected chi connectivity index (χ4v) is 9.90. The largest absolute Gasteiger partial charge is 0.443 e. The number of anilines is 4. The molecule has 6 aliphatic rings. The second kappa shape index (κ2) is 17.3. The molecule has 26 heteroatoms. The van der Waals surface area contributed by atoms with E-state index in [1.165, 1.54) is 24.8 Å². The molecule has 21 nitrogen and oxygen atoms in total. The molecule has 5 aliphatic carbocycles. The lowest BCUT2D eigenvalue weighted by atomic mass is 9.50. The van der Waals surface area contributed by atoms with E-state index in [1.54, 1.807) is 33.6 Å². The van der Waals surface area contributed by atoms with E-state index in [-0.39, 0.29) is 78.7 Å². The maximum absolute atomic E-state index is 16.3. The van der Waals surface area contributed by atoms with Gasteiger partial charge in [-0.25, -0.2) is 52.7 Å². The highest BCUT2D eigenvalue weighted by Gasteiger charge is 2.58. The molecular formula is C44H50F5N14O7+. The van der Waals surface area contributed by atoms with Crippen molar-refractivity contribution in [3.63, 3.8) is 0 Å². The Morgan fingerprint density at radius 2 is 1.67 bits per heavy atom. The quantitative estimate of drug-likeness (QED) is 0.0491. The summed E-state index contributed by atoms with van der Waals surface area (Å²) in [6.07, 6.45) is -4.07. The Morgan fingerprint density at radius 3 is 2.40 bits per heavy atom. The van der Waals surface area contributed by atoms with Gasteiger partial charge in [0.15, 0.2) is 36.1 Å². The molecule has 6 atom stereocenters. The standard InChI is InChI=1S/C44H49F5N14O7/c1-42(6-7-42)55-40(64)69-30-5-4-25(34(30)45)27-10-33(54-39-50-14-26(44(47,48)49)38-52-24(19-67-3)15-61(38)39)63(60-27)17-23-16-62-29(8-22(59-62)18-66-2)37(51-23)53-32-9-28(57-58-32)36-35(46)31(20-68-36)70-41(65)56-43-11-21(12-43)13-43/h8-10,14-16,21,25,30-31,34-36H,4-7,11-13,17-20H2,1-3H3,(H5,50,51,52,53,54,55,56,57,58,59,60,64,65)/p+1/t21?,25-,30-,31+,34+,35+,36+,43?/m0/s1. The van der Waals surface area contributed by atoms with E-state index < -0.39 is 66.1 Å². The Kier molecular flexibility index (Phi) is 11.3. The zero-order valence-electron chi connectivity index (χ0n) is 38.1. The number of methoxy groups -OCH3 is 2. The average molecular weight is 982 g/mol. The molecule has 2 amide bonds. The number of ether oxygens (including phenoxy) is 5. The van der Waals surface area contributed by atoms with Gasteiger partial charge in [-0.15, -0.1) is 0 Å². The normalized spacial score (nSPS) is 26.5. The molecule has 1 saturated heterocycles. The first kappa shape index (κ1) is 45.8. The van der Waals surface area contributed by atoms with Gasteiger partial charge in [0.05, 0.1) is 54.9 Å². The van der Waals surface area contributed by atoms with Crippen LogP contribution in [0.25, 0.3) is 11.2 Å². The summed E-state index contributed by atoms with van der Waals surface area (Å²) in [5, 5.41) is 27.1. The van der Waals surface area contributed by atoms with Crippen molar-refractivity contribution in [3.8, 4) is 0 Å². The highest BCUT2D eigenvalue weighted by molar-refractivity contribution is 5.73. The van der Waals surface area contributed by atoms with Crippen molar-refractivity contribution in [2.45, 2.75) is 125 Å². The van der Waals surface area contributed by atoms with E-state index in [1.807, 2.05) is 6.92 Å². The Morgan fingerprint density at radius 1 is 0.914 bits per heavy atom. The number of amides is 2. The lowest BCUT2D eigenvalue weighted by Gasteiger charge is -2.61. The Balaban J connectivity index is 0.885. The van der Waals surface area contributed by atoms with Crippen LogP contribution in [0.2, 0.25) is 0 Å². The molecule has 0 spiro atoms. The molecule has 372 valence electrons. The Labute approximate surface area is 394 Å². The third kappa shape index (κ3) is 8.79. The number of carbonyl (C=O) groups excluding carboxylic acids is 2. The van der Waals surface area contributed by atoms with Gasteiger partial charge < -0.3 is 39.6 Å². The molecule has 0 unspecified atom stereocenters. The van der Waals surface area contributed by atoms with E-state index >= 15 is 8.78 Å². The van der Waals surface area contributed by atoms with Gasteiger partial charge in [-0.3, -0.25) is 5.10 Å². The first-order chi connectivity index (χ1) is 33.5. The molecule has 6 N–H and O–H groups in total. The molecule has 7 heterocycles. The van der Waals surface area contributed by atoms with Crippen LogP contribution in [0.15, 0.2) is 36.8 Å². The summed E-state index contributed by atoms with van der Waals surface area (Å²) in [4.78, 5) is 38.5. The number of hydrogen-bond donors (Lipinski definition) is 6. The number of nitrogens with zero attached hydrogens (tertiary/aromatic N) is 8. The van der Waals surface area contributed by atoms with Crippen molar-refractivity contribution in [1.29, 1.82) is 0 Å². The second-order valence-corrected chi connectivity index (χ2v) is 19.3. The van der Waals surface area contributed by atoms with Crippen LogP contribution in [0, 0.1) is 5.92 Å². The molecule has 6 aromatic rings. The van der Waals surface area contributed by atoms with Crippen molar-refractivity contribution in [2.75, 3.05) is 31.5 Å². The summed E-state index contributed by atoms with van der Waals surface area (Å²) in [6, 6.07) is 4.94. The lowest BCUT2D eigenvalue weighted by molar-refractivity contribution is -0.730. The predicted molar refractivity (Wildman–Crippen MR) is 233 cm³/mol. The van der Waals surface area contributed by atoms with Crippen LogP contribution in [0.4, 0.5) is 54.9 Å². The maximum atomic E-state index is 16.3. The summed E-state index contributed by atoms with van der Waals surface area (Å²) in [5.41, 5.74) is 0.290. The third-order valence-electron chi connectivity index (χ3n) is 13.9. The first-order valence-corrected chi connectivity index (χ1v) is 22.9. The Hall–Kier alpha value is -6.67. The molecule has 12 rings (SSSR count). The molecule has 1 aliphatic heterocycles. The van der Waals surface area contributed by atoms with E-state index in [0.717, 1.165) is 32.1 Å².